The molecule has 0 heterocycles. The van der Waals surface area contributed by atoms with Crippen molar-refractivity contribution in [1.82, 2.24) is 0 Å². The molecule has 2 nitrogen and oxygen atoms in total. The Kier molecular flexibility index (Phi) is 7.02. The molecular weight excluding hydrogens is 377 g/mol. The first-order chi connectivity index (χ1) is 11.5. The average Bonchev–Trinajstić information content (AvgIpc) is 2.53. The molecule has 0 radical (unpaired) electrons. The van der Waals surface area contributed by atoms with Crippen LogP contribution < -0.4 is 10.5 Å². The van der Waals surface area contributed by atoms with E-state index in [0.717, 1.165) is 5.56 Å². The molecule has 0 unspecified atom stereocenters. The molecule has 144 valence electrons. The normalized spacial score (nSPS) is 13.1. The molecule has 0 amide bonds. The Morgan fingerprint density at radius 1 is 0.962 bits per heavy atom. The maximum Gasteiger partial charge on any atom is 0.455 e. The molecule has 0 aliphatic heterocycles. The second-order valence-corrected chi connectivity index (χ2v) is 5.86. The molecule has 0 aromatic heterocycles. The predicted octanol–water partition coefficient (Wildman–Crippen LogP) is 5.50. The van der Waals surface area contributed by atoms with E-state index in [9.17, 15) is 22.0 Å². The molecule has 2 aromatic carbocycles. The summed E-state index contributed by atoms with van der Waals surface area (Å²) in [7, 11) is 0. The molecule has 8 heteroatoms. The Morgan fingerprint density at radius 2 is 1.46 bits per heavy atom. The van der Waals surface area contributed by atoms with E-state index in [2.05, 4.69) is 0 Å². The Labute approximate surface area is 154 Å². The third-order valence-corrected chi connectivity index (χ3v) is 3.84. The van der Waals surface area contributed by atoms with E-state index < -0.39 is 18.1 Å². The third-order valence-electron chi connectivity index (χ3n) is 3.84. The Bertz CT molecular complexity index is 711. The van der Waals surface area contributed by atoms with Gasteiger partial charge in [0.1, 0.15) is 18.4 Å². The fourth-order valence-corrected chi connectivity index (χ4v) is 2.51. The van der Waals surface area contributed by atoms with Gasteiger partial charge >= 0.3 is 12.1 Å². The van der Waals surface area contributed by atoms with Crippen molar-refractivity contribution in [2.24, 2.45) is 5.73 Å². The van der Waals surface area contributed by atoms with Gasteiger partial charge in [0, 0.05) is 0 Å². The highest BCUT2D eigenvalue weighted by Crippen LogP contribution is 2.44. The summed E-state index contributed by atoms with van der Waals surface area (Å²) >= 11 is 0. The maximum absolute atomic E-state index is 13.5. The number of hydrogen-bond acceptors (Lipinski definition) is 2. The standard InChI is InChI=1S/C18H18F5NO.ClH/c1-11-8-14(16(24)17(19,20)18(21,22)23)9-12(2)15(11)25-10-13-6-4-3-5-7-13;/h3-9,16H,10,24H2,1-2H3;1H/t16-;/m0./s1. The minimum absolute atomic E-state index is 0. The highest BCUT2D eigenvalue weighted by molar-refractivity contribution is 5.85. The molecule has 0 aliphatic rings. The number of ether oxygens (including phenoxy) is 1. The molecular formula is C18H19ClF5NO. The molecule has 1 atom stereocenters. The van der Waals surface area contributed by atoms with Crippen molar-refractivity contribution in [2.45, 2.75) is 38.6 Å². The van der Waals surface area contributed by atoms with E-state index in [1.54, 1.807) is 13.8 Å². The Balaban J connectivity index is 0.00000338. The van der Waals surface area contributed by atoms with Gasteiger partial charge in [-0.15, -0.1) is 12.4 Å². The van der Waals surface area contributed by atoms with Crippen LogP contribution in [0.2, 0.25) is 0 Å². The maximum atomic E-state index is 13.5. The Hall–Kier alpha value is -1.86. The number of aryl methyl sites for hydroxylation is 2. The van der Waals surface area contributed by atoms with Gasteiger partial charge in [0.2, 0.25) is 0 Å². The van der Waals surface area contributed by atoms with Crippen LogP contribution in [0.3, 0.4) is 0 Å². The lowest BCUT2D eigenvalue weighted by atomic mass is 9.96. The number of halogens is 6. The van der Waals surface area contributed by atoms with Gasteiger partial charge < -0.3 is 10.5 Å². The van der Waals surface area contributed by atoms with Crippen LogP contribution >= 0.6 is 12.4 Å². The lowest BCUT2D eigenvalue weighted by Gasteiger charge is -2.27. The quantitative estimate of drug-likeness (QED) is 0.678. The summed E-state index contributed by atoms with van der Waals surface area (Å²) in [4.78, 5) is 0. The van der Waals surface area contributed by atoms with Crippen LogP contribution in [0.25, 0.3) is 0 Å². The molecule has 2 rings (SSSR count). The summed E-state index contributed by atoms with van der Waals surface area (Å²) in [5.74, 6) is -4.58. The first-order valence-corrected chi connectivity index (χ1v) is 7.52. The second-order valence-electron chi connectivity index (χ2n) is 5.86. The molecule has 0 bridgehead atoms. The summed E-state index contributed by atoms with van der Waals surface area (Å²) in [6, 6.07) is 9.21. The van der Waals surface area contributed by atoms with Gasteiger partial charge in [0.25, 0.3) is 0 Å². The summed E-state index contributed by atoms with van der Waals surface area (Å²) in [5.41, 5.74) is 6.71. The Morgan fingerprint density at radius 3 is 1.92 bits per heavy atom. The lowest BCUT2D eigenvalue weighted by Crippen LogP contribution is -2.45. The number of alkyl halides is 5. The van der Waals surface area contributed by atoms with Crippen molar-refractivity contribution in [3.05, 3.63) is 64.7 Å². The van der Waals surface area contributed by atoms with Crippen LogP contribution in [0.5, 0.6) is 5.75 Å². The van der Waals surface area contributed by atoms with Crippen LogP contribution in [-0.4, -0.2) is 12.1 Å². The zero-order valence-corrected chi connectivity index (χ0v) is 14.9. The lowest BCUT2D eigenvalue weighted by molar-refractivity contribution is -0.291. The molecule has 0 spiro atoms. The minimum Gasteiger partial charge on any atom is -0.488 e. The van der Waals surface area contributed by atoms with E-state index in [-0.39, 0.29) is 24.6 Å². The van der Waals surface area contributed by atoms with Crippen LogP contribution in [-0.2, 0) is 6.61 Å². The molecule has 0 saturated heterocycles. The number of benzene rings is 2. The first kappa shape index (κ1) is 22.2. The van der Waals surface area contributed by atoms with E-state index >= 15 is 0 Å². The van der Waals surface area contributed by atoms with Gasteiger partial charge in [-0.1, -0.05) is 42.5 Å². The molecule has 0 fully saturated rings. The average molecular weight is 396 g/mol. The van der Waals surface area contributed by atoms with Crippen LogP contribution in [0.15, 0.2) is 42.5 Å². The topological polar surface area (TPSA) is 35.2 Å². The van der Waals surface area contributed by atoms with Crippen molar-refractivity contribution in [2.75, 3.05) is 0 Å². The van der Waals surface area contributed by atoms with Gasteiger partial charge in [0.15, 0.2) is 0 Å². The highest BCUT2D eigenvalue weighted by Gasteiger charge is 2.61. The van der Waals surface area contributed by atoms with Crippen LogP contribution in [0.4, 0.5) is 22.0 Å². The zero-order valence-electron chi connectivity index (χ0n) is 14.1. The van der Waals surface area contributed by atoms with Crippen molar-refractivity contribution in [3.8, 4) is 5.75 Å². The smallest absolute Gasteiger partial charge is 0.455 e. The summed E-state index contributed by atoms with van der Waals surface area (Å²) in [6.45, 7) is 3.41. The molecule has 0 saturated carbocycles. The van der Waals surface area contributed by atoms with Gasteiger partial charge in [-0.25, -0.2) is 0 Å². The minimum atomic E-state index is -5.71. The SMILES string of the molecule is Cc1cc([C@H](N)C(F)(F)C(F)(F)F)cc(C)c1OCc1ccccc1.Cl. The van der Waals surface area contributed by atoms with Gasteiger partial charge in [-0.2, -0.15) is 22.0 Å². The molecule has 0 aliphatic carbocycles. The first-order valence-electron chi connectivity index (χ1n) is 7.52. The van der Waals surface area contributed by atoms with E-state index in [4.69, 9.17) is 10.5 Å². The van der Waals surface area contributed by atoms with Crippen molar-refractivity contribution in [1.29, 1.82) is 0 Å². The third kappa shape index (κ3) is 4.65. The summed E-state index contributed by atoms with van der Waals surface area (Å²) < 4.78 is 70.1. The molecule has 2 aromatic rings. The van der Waals surface area contributed by atoms with Crippen molar-refractivity contribution < 1.29 is 26.7 Å². The van der Waals surface area contributed by atoms with E-state index in [0.29, 0.717) is 16.9 Å². The van der Waals surface area contributed by atoms with Gasteiger partial charge in [0.05, 0.1) is 0 Å². The highest BCUT2D eigenvalue weighted by atomic mass is 35.5. The number of rotatable bonds is 5. The van der Waals surface area contributed by atoms with Crippen molar-refractivity contribution >= 4 is 12.4 Å². The monoisotopic (exact) mass is 395 g/mol. The number of hydrogen-bond donors (Lipinski definition) is 1. The fraction of sp³-hybridized carbons (Fsp3) is 0.333. The van der Waals surface area contributed by atoms with Gasteiger partial charge in [-0.3, -0.25) is 0 Å². The fourth-order valence-electron chi connectivity index (χ4n) is 2.51. The largest absolute Gasteiger partial charge is 0.488 e. The molecule has 2 N–H and O–H groups in total. The van der Waals surface area contributed by atoms with Crippen LogP contribution in [0, 0.1) is 13.8 Å². The number of nitrogens with two attached hydrogens (primary N) is 1. The van der Waals surface area contributed by atoms with Crippen LogP contribution in [0.1, 0.15) is 28.3 Å². The van der Waals surface area contributed by atoms with Gasteiger partial charge in [-0.05, 0) is 36.1 Å². The molecule has 26 heavy (non-hydrogen) atoms. The summed E-state index contributed by atoms with van der Waals surface area (Å²) in [5, 5.41) is 0. The predicted molar refractivity (Wildman–Crippen MR) is 91.9 cm³/mol. The second kappa shape index (κ2) is 8.22. The summed E-state index contributed by atoms with van der Waals surface area (Å²) in [6.07, 6.45) is -5.71. The van der Waals surface area contributed by atoms with E-state index in [1.807, 2.05) is 30.3 Å². The van der Waals surface area contributed by atoms with E-state index in [1.165, 1.54) is 12.1 Å². The zero-order chi connectivity index (χ0) is 18.8. The van der Waals surface area contributed by atoms with Crippen molar-refractivity contribution in [3.63, 3.8) is 0 Å².